The zero-order valence-corrected chi connectivity index (χ0v) is 27.5. The summed E-state index contributed by atoms with van der Waals surface area (Å²) >= 11 is 0. The molecule has 44 heavy (non-hydrogen) atoms. The molecule has 0 spiro atoms. The van der Waals surface area contributed by atoms with E-state index in [0.29, 0.717) is 38.0 Å². The van der Waals surface area contributed by atoms with Gasteiger partial charge in [0.2, 0.25) is 0 Å². The van der Waals surface area contributed by atoms with Crippen LogP contribution in [0.1, 0.15) is 91.9 Å². The first-order valence-corrected chi connectivity index (χ1v) is 18.2. The molecule has 1 saturated heterocycles. The van der Waals surface area contributed by atoms with Gasteiger partial charge in [0, 0.05) is 12.0 Å². The molecule has 6 N–H and O–H groups in total. The minimum atomic E-state index is -4.61. The Bertz CT molecular complexity index is 1090. The quantitative estimate of drug-likeness (QED) is 0.151. The van der Waals surface area contributed by atoms with Crippen molar-refractivity contribution in [3.8, 4) is 0 Å². The Balaban J connectivity index is 1.46. The van der Waals surface area contributed by atoms with Crippen LogP contribution in [0, 0.1) is 52.3 Å². The molecule has 0 bridgehead atoms. The van der Waals surface area contributed by atoms with E-state index in [4.69, 9.17) is 13.7 Å². The summed E-state index contributed by atoms with van der Waals surface area (Å²) < 4.78 is 49.7. The summed E-state index contributed by atoms with van der Waals surface area (Å²) in [7, 11) is -4.61. The van der Waals surface area contributed by atoms with Gasteiger partial charge in [-0.25, -0.2) is 4.18 Å². The topological polar surface area (TPSA) is 183 Å². The Morgan fingerprint density at radius 1 is 0.909 bits per heavy atom. The molecular weight excluding hydrogens is 592 g/mol. The van der Waals surface area contributed by atoms with E-state index in [1.807, 2.05) is 0 Å². The van der Waals surface area contributed by atoms with Gasteiger partial charge in [0.15, 0.2) is 6.29 Å². The molecule has 0 unspecified atom stereocenters. The first-order chi connectivity index (χ1) is 20.6. The number of hydrogen-bond acceptors (Lipinski definition) is 10. The number of ether oxygens (including phenoxy) is 2. The third kappa shape index (κ3) is 6.51. The summed E-state index contributed by atoms with van der Waals surface area (Å²) in [4.78, 5) is 0. The molecule has 11 nitrogen and oxygen atoms in total. The van der Waals surface area contributed by atoms with Crippen molar-refractivity contribution < 1.29 is 52.2 Å². The van der Waals surface area contributed by atoms with Crippen LogP contribution in [-0.2, 0) is 24.1 Å². The summed E-state index contributed by atoms with van der Waals surface area (Å²) in [5.74, 6) is 1.12. The molecule has 12 heteroatoms. The van der Waals surface area contributed by atoms with Crippen LogP contribution in [0.15, 0.2) is 0 Å². The number of fused-ring (bicyclic) bond motifs is 5. The molecule has 5 aliphatic rings. The second kappa shape index (κ2) is 13.2. The van der Waals surface area contributed by atoms with Gasteiger partial charge in [0.1, 0.15) is 18.3 Å². The van der Waals surface area contributed by atoms with Crippen molar-refractivity contribution in [2.24, 2.45) is 52.3 Å². The second-order valence-electron chi connectivity index (χ2n) is 15.6. The Kier molecular flexibility index (Phi) is 10.5. The van der Waals surface area contributed by atoms with Crippen LogP contribution >= 0.6 is 0 Å². The third-order valence-electron chi connectivity index (χ3n) is 12.9. The highest BCUT2D eigenvalue weighted by Crippen LogP contribution is 2.69. The fourth-order valence-electron chi connectivity index (χ4n) is 10.7. The number of rotatable bonds is 10. The van der Waals surface area contributed by atoms with Gasteiger partial charge in [-0.1, -0.05) is 40.5 Å². The van der Waals surface area contributed by atoms with Gasteiger partial charge in [-0.2, -0.15) is 8.42 Å². The molecule has 0 aromatic rings. The highest BCUT2D eigenvalue weighted by molar-refractivity contribution is 7.80. The molecule has 1 heterocycles. The van der Waals surface area contributed by atoms with E-state index in [-0.39, 0.29) is 65.7 Å². The van der Waals surface area contributed by atoms with E-state index in [1.165, 1.54) is 0 Å². The fraction of sp³-hybridized carbons (Fsp3) is 1.00. The van der Waals surface area contributed by atoms with Crippen molar-refractivity contribution in [3.05, 3.63) is 0 Å². The Morgan fingerprint density at radius 3 is 2.30 bits per heavy atom. The van der Waals surface area contributed by atoms with Gasteiger partial charge in [0.05, 0.1) is 24.9 Å². The average Bonchev–Trinajstić information content (AvgIpc) is 3.30. The summed E-state index contributed by atoms with van der Waals surface area (Å²) in [6, 6.07) is 0. The molecule has 0 aromatic carbocycles. The van der Waals surface area contributed by atoms with Crippen molar-refractivity contribution in [1.82, 2.24) is 0 Å². The molecule has 0 amide bonds. The van der Waals surface area contributed by atoms with Crippen LogP contribution in [0.25, 0.3) is 0 Å². The molecule has 1 aliphatic heterocycles. The van der Waals surface area contributed by atoms with Crippen molar-refractivity contribution in [3.63, 3.8) is 0 Å². The standard InChI is InChI=1S/C32H56O11S/c1-17(2)6-5-7-18(15-33)21-8-9-22-20-13-25(34)24-12-19(43-44(38,39)40)10-11-31(24,3)23(20)14-27(32(21,22)4)42-30-29(37)28(36)26(35)16-41-30/h17-30,33-37H,5-16H2,1-4H3,(H,38,39,40)/t18-,19+,20-,21+,22-,23-,24+,25+,26+,27+,28-,29+,30-,31+,32+/m0/s1. The number of aliphatic hydroxyl groups is 5. The van der Waals surface area contributed by atoms with Gasteiger partial charge >= 0.3 is 10.4 Å². The highest BCUT2D eigenvalue weighted by atomic mass is 32.3. The third-order valence-corrected chi connectivity index (χ3v) is 13.5. The highest BCUT2D eigenvalue weighted by Gasteiger charge is 2.66. The monoisotopic (exact) mass is 648 g/mol. The van der Waals surface area contributed by atoms with Crippen molar-refractivity contribution in [2.45, 2.75) is 135 Å². The van der Waals surface area contributed by atoms with Crippen molar-refractivity contribution in [1.29, 1.82) is 0 Å². The van der Waals surface area contributed by atoms with E-state index in [9.17, 15) is 38.5 Å². The lowest BCUT2D eigenvalue weighted by molar-refractivity contribution is -0.312. The fourth-order valence-corrected chi connectivity index (χ4v) is 11.3. The van der Waals surface area contributed by atoms with Crippen LogP contribution in [0.5, 0.6) is 0 Å². The molecule has 5 fully saturated rings. The van der Waals surface area contributed by atoms with Crippen LogP contribution in [0.2, 0.25) is 0 Å². The van der Waals surface area contributed by atoms with Gasteiger partial charge in [0.25, 0.3) is 0 Å². The van der Waals surface area contributed by atoms with Gasteiger partial charge in [-0.05, 0) is 98.2 Å². The maximum absolute atomic E-state index is 11.6. The van der Waals surface area contributed by atoms with Crippen molar-refractivity contribution >= 4 is 10.4 Å². The van der Waals surface area contributed by atoms with Gasteiger partial charge in [-0.15, -0.1) is 0 Å². The largest absolute Gasteiger partial charge is 0.397 e. The van der Waals surface area contributed by atoms with E-state index < -0.39 is 47.2 Å². The molecule has 0 aromatic heterocycles. The molecule has 0 radical (unpaired) electrons. The second-order valence-corrected chi connectivity index (χ2v) is 16.7. The maximum Gasteiger partial charge on any atom is 0.397 e. The predicted molar refractivity (Wildman–Crippen MR) is 160 cm³/mol. The predicted octanol–water partition coefficient (Wildman–Crippen LogP) is 2.67. The molecule has 4 aliphatic carbocycles. The molecule has 256 valence electrons. The zero-order chi connectivity index (χ0) is 32.2. The summed E-state index contributed by atoms with van der Waals surface area (Å²) in [5.41, 5.74) is -0.720. The minimum absolute atomic E-state index is 0.0803. The van der Waals surface area contributed by atoms with E-state index in [2.05, 4.69) is 27.7 Å². The van der Waals surface area contributed by atoms with Crippen molar-refractivity contribution in [2.75, 3.05) is 13.2 Å². The first kappa shape index (κ1) is 34.9. The lowest BCUT2D eigenvalue weighted by Crippen LogP contribution is -2.63. The number of hydrogen-bond donors (Lipinski definition) is 6. The average molecular weight is 649 g/mol. The normalized spacial score (nSPS) is 48.4. The lowest BCUT2D eigenvalue weighted by Gasteiger charge is -2.64. The smallest absolute Gasteiger partial charge is 0.396 e. The number of aliphatic hydroxyl groups excluding tert-OH is 5. The van der Waals surface area contributed by atoms with E-state index in [0.717, 1.165) is 32.1 Å². The first-order valence-electron chi connectivity index (χ1n) is 16.9. The Hall–Kier alpha value is -0.410. The van der Waals surface area contributed by atoms with Crippen LogP contribution < -0.4 is 0 Å². The van der Waals surface area contributed by atoms with Gasteiger partial charge < -0.3 is 35.0 Å². The van der Waals surface area contributed by atoms with Crippen LogP contribution in [-0.4, -0.2) is 94.6 Å². The maximum atomic E-state index is 11.6. The Labute approximate surface area is 262 Å². The zero-order valence-electron chi connectivity index (χ0n) is 26.7. The van der Waals surface area contributed by atoms with E-state index >= 15 is 0 Å². The van der Waals surface area contributed by atoms with E-state index in [1.54, 1.807) is 0 Å². The summed E-state index contributed by atoms with van der Waals surface area (Å²) in [5, 5.41) is 53.6. The lowest BCUT2D eigenvalue weighted by atomic mass is 9.43. The molecular formula is C32H56O11S. The Morgan fingerprint density at radius 2 is 1.64 bits per heavy atom. The van der Waals surface area contributed by atoms with Gasteiger partial charge in [-0.3, -0.25) is 4.55 Å². The van der Waals surface area contributed by atoms with Crippen LogP contribution in [0.3, 0.4) is 0 Å². The molecule has 15 atom stereocenters. The molecule has 4 saturated carbocycles. The SMILES string of the molecule is CC(C)CCC[C@@H](CO)[C@H]1CC[C@H]2[C@@H]3C[C@@H](O)[C@H]4C[C@H](OS(=O)(=O)O)CC[C@]4(C)[C@H]3C[C@@H](O[C@@H]3OC[C@@H](O)[C@H](O)[C@H]3O)[C@]12C. The minimum Gasteiger partial charge on any atom is -0.396 e. The molecule has 5 rings (SSSR count). The summed E-state index contributed by atoms with van der Waals surface area (Å²) in [6.07, 6.45) is 0.644. The van der Waals surface area contributed by atoms with Crippen LogP contribution in [0.4, 0.5) is 0 Å². The summed E-state index contributed by atoms with van der Waals surface area (Å²) in [6.45, 7) is 8.77.